The highest BCUT2D eigenvalue weighted by atomic mass is 19.1. The van der Waals surface area contributed by atoms with Crippen LogP contribution in [0.3, 0.4) is 0 Å². The molecule has 0 fully saturated rings. The van der Waals surface area contributed by atoms with E-state index in [-0.39, 0.29) is 5.82 Å². The first-order valence-electron chi connectivity index (χ1n) is 6.61. The van der Waals surface area contributed by atoms with Crippen molar-refractivity contribution in [2.24, 2.45) is 5.73 Å². The van der Waals surface area contributed by atoms with Crippen LogP contribution in [0.5, 0.6) is 5.75 Å². The lowest BCUT2D eigenvalue weighted by Gasteiger charge is -2.14. The highest BCUT2D eigenvalue weighted by molar-refractivity contribution is 5.31. The first kappa shape index (κ1) is 14.5. The van der Waals surface area contributed by atoms with Crippen molar-refractivity contribution in [2.75, 3.05) is 7.11 Å². The average molecular weight is 278 g/mol. The van der Waals surface area contributed by atoms with Crippen molar-refractivity contribution in [1.29, 1.82) is 0 Å². The number of rotatable bonds is 6. The van der Waals surface area contributed by atoms with Gasteiger partial charge < -0.3 is 10.5 Å². The Bertz CT molecular complexity index is 570. The number of ether oxygens (including phenoxy) is 1. The number of hydrogen-bond donors (Lipinski definition) is 1. The molecule has 1 atom stereocenters. The molecule has 0 amide bonds. The molecule has 20 heavy (non-hydrogen) atoms. The lowest BCUT2D eigenvalue weighted by molar-refractivity contribution is 0.410. The zero-order valence-corrected chi connectivity index (χ0v) is 11.7. The maximum Gasteiger partial charge on any atom is 0.138 e. The molecule has 2 rings (SSSR count). The molecule has 0 radical (unpaired) electrons. The Hall–Kier alpha value is -1.95. The third kappa shape index (κ3) is 3.14. The SMILES string of the molecule is CCCn1ncnc1CC(N)c1ccc(OC)cc1F. The number of aromatic nitrogens is 3. The van der Waals surface area contributed by atoms with Crippen molar-refractivity contribution in [1.82, 2.24) is 14.8 Å². The largest absolute Gasteiger partial charge is 0.497 e. The van der Waals surface area contributed by atoms with E-state index in [2.05, 4.69) is 17.0 Å². The Kier molecular flexibility index (Phi) is 4.68. The molecule has 6 heteroatoms. The highest BCUT2D eigenvalue weighted by Crippen LogP contribution is 2.22. The van der Waals surface area contributed by atoms with Gasteiger partial charge in [-0.3, -0.25) is 4.68 Å². The van der Waals surface area contributed by atoms with Crippen LogP contribution in [-0.4, -0.2) is 21.9 Å². The van der Waals surface area contributed by atoms with Gasteiger partial charge in [0.15, 0.2) is 0 Å². The molecule has 1 aromatic carbocycles. The van der Waals surface area contributed by atoms with Crippen LogP contribution in [0.4, 0.5) is 4.39 Å². The van der Waals surface area contributed by atoms with Crippen LogP contribution in [0.1, 0.15) is 30.8 Å². The first-order chi connectivity index (χ1) is 9.65. The molecule has 2 N–H and O–H groups in total. The molecule has 2 aromatic rings. The first-order valence-corrected chi connectivity index (χ1v) is 6.61. The van der Waals surface area contributed by atoms with Crippen LogP contribution in [0.25, 0.3) is 0 Å². The Morgan fingerprint density at radius 1 is 1.45 bits per heavy atom. The van der Waals surface area contributed by atoms with Crippen LogP contribution in [0.15, 0.2) is 24.5 Å². The van der Waals surface area contributed by atoms with E-state index >= 15 is 0 Å². The van der Waals surface area contributed by atoms with Gasteiger partial charge in [-0.15, -0.1) is 0 Å². The minimum absolute atomic E-state index is 0.363. The maximum absolute atomic E-state index is 14.0. The summed E-state index contributed by atoms with van der Waals surface area (Å²) in [5, 5.41) is 4.14. The predicted octanol–water partition coefficient (Wildman–Crippen LogP) is 2.08. The van der Waals surface area contributed by atoms with Gasteiger partial charge in [0.2, 0.25) is 0 Å². The summed E-state index contributed by atoms with van der Waals surface area (Å²) >= 11 is 0. The molecular weight excluding hydrogens is 259 g/mol. The van der Waals surface area contributed by atoms with E-state index < -0.39 is 6.04 Å². The second kappa shape index (κ2) is 6.47. The number of halogens is 1. The Morgan fingerprint density at radius 3 is 2.90 bits per heavy atom. The van der Waals surface area contributed by atoms with Gasteiger partial charge in [0.1, 0.15) is 23.7 Å². The van der Waals surface area contributed by atoms with Gasteiger partial charge in [0.05, 0.1) is 7.11 Å². The van der Waals surface area contributed by atoms with E-state index in [0.717, 1.165) is 18.8 Å². The van der Waals surface area contributed by atoms with Crippen LogP contribution in [0.2, 0.25) is 0 Å². The van der Waals surface area contributed by atoms with E-state index in [1.165, 1.54) is 19.5 Å². The average Bonchev–Trinajstić information content (AvgIpc) is 2.86. The lowest BCUT2D eigenvalue weighted by atomic mass is 10.0. The van der Waals surface area contributed by atoms with Gasteiger partial charge in [-0.1, -0.05) is 13.0 Å². The summed E-state index contributed by atoms with van der Waals surface area (Å²) < 4.78 is 20.7. The molecule has 1 unspecified atom stereocenters. The zero-order chi connectivity index (χ0) is 14.5. The van der Waals surface area contributed by atoms with Crippen LogP contribution >= 0.6 is 0 Å². The molecule has 108 valence electrons. The van der Waals surface area contributed by atoms with Gasteiger partial charge >= 0.3 is 0 Å². The van der Waals surface area contributed by atoms with E-state index in [4.69, 9.17) is 10.5 Å². The number of nitrogens with two attached hydrogens (primary N) is 1. The summed E-state index contributed by atoms with van der Waals surface area (Å²) in [6, 6.07) is 4.24. The standard InChI is InChI=1S/C14H19FN4O/c1-3-6-19-14(17-9-18-19)8-13(16)11-5-4-10(20-2)7-12(11)15/h4-5,7,9,13H,3,6,8,16H2,1-2H3. The third-order valence-electron chi connectivity index (χ3n) is 3.14. The fourth-order valence-corrected chi connectivity index (χ4v) is 2.09. The van der Waals surface area contributed by atoms with E-state index in [0.29, 0.717) is 17.7 Å². The molecule has 1 aromatic heterocycles. The van der Waals surface area contributed by atoms with Gasteiger partial charge in [0, 0.05) is 30.6 Å². The molecule has 1 heterocycles. The monoisotopic (exact) mass is 278 g/mol. The minimum Gasteiger partial charge on any atom is -0.497 e. The molecule has 0 aliphatic carbocycles. The fourth-order valence-electron chi connectivity index (χ4n) is 2.09. The fraction of sp³-hybridized carbons (Fsp3) is 0.429. The molecule has 0 spiro atoms. The number of methoxy groups -OCH3 is 1. The number of nitrogens with zero attached hydrogens (tertiary/aromatic N) is 3. The van der Waals surface area contributed by atoms with Crippen molar-refractivity contribution in [3.8, 4) is 5.75 Å². The molecule has 5 nitrogen and oxygen atoms in total. The number of benzene rings is 1. The molecule has 0 saturated carbocycles. The zero-order valence-electron chi connectivity index (χ0n) is 11.7. The highest BCUT2D eigenvalue weighted by Gasteiger charge is 2.16. The van der Waals surface area contributed by atoms with Crippen LogP contribution in [-0.2, 0) is 13.0 Å². The molecular formula is C14H19FN4O. The van der Waals surface area contributed by atoms with Gasteiger partial charge in [0.25, 0.3) is 0 Å². The van der Waals surface area contributed by atoms with Gasteiger partial charge in [-0.2, -0.15) is 5.10 Å². The number of aryl methyl sites for hydroxylation is 1. The lowest BCUT2D eigenvalue weighted by Crippen LogP contribution is -2.18. The van der Waals surface area contributed by atoms with Crippen LogP contribution in [0, 0.1) is 5.82 Å². The summed E-state index contributed by atoms with van der Waals surface area (Å²) in [7, 11) is 1.50. The predicted molar refractivity (Wildman–Crippen MR) is 73.9 cm³/mol. The molecule has 0 aliphatic heterocycles. The van der Waals surface area contributed by atoms with Gasteiger partial charge in [-0.25, -0.2) is 9.37 Å². The summed E-state index contributed by atoms with van der Waals surface area (Å²) in [5.41, 5.74) is 6.54. The van der Waals surface area contributed by atoms with Gasteiger partial charge in [-0.05, 0) is 12.5 Å². The molecule has 0 aliphatic rings. The Labute approximate surface area is 117 Å². The third-order valence-corrected chi connectivity index (χ3v) is 3.14. The summed E-state index contributed by atoms with van der Waals surface area (Å²) in [6.07, 6.45) is 2.91. The second-order valence-corrected chi connectivity index (χ2v) is 4.60. The second-order valence-electron chi connectivity index (χ2n) is 4.60. The number of hydrogen-bond acceptors (Lipinski definition) is 4. The summed E-state index contributed by atoms with van der Waals surface area (Å²) in [5.74, 6) is 0.889. The quantitative estimate of drug-likeness (QED) is 0.878. The van der Waals surface area contributed by atoms with Crippen molar-refractivity contribution >= 4 is 0 Å². The van der Waals surface area contributed by atoms with Crippen molar-refractivity contribution in [3.63, 3.8) is 0 Å². The van der Waals surface area contributed by atoms with E-state index in [1.54, 1.807) is 16.8 Å². The van der Waals surface area contributed by atoms with Crippen LogP contribution < -0.4 is 10.5 Å². The summed E-state index contributed by atoms with van der Waals surface area (Å²) in [6.45, 7) is 2.85. The van der Waals surface area contributed by atoms with Crippen molar-refractivity contribution in [3.05, 3.63) is 41.7 Å². The van der Waals surface area contributed by atoms with Crippen molar-refractivity contribution < 1.29 is 9.13 Å². The Morgan fingerprint density at radius 2 is 2.25 bits per heavy atom. The normalized spacial score (nSPS) is 12.4. The molecule has 0 saturated heterocycles. The maximum atomic E-state index is 14.0. The van der Waals surface area contributed by atoms with E-state index in [9.17, 15) is 4.39 Å². The van der Waals surface area contributed by atoms with Crippen molar-refractivity contribution in [2.45, 2.75) is 32.4 Å². The summed E-state index contributed by atoms with van der Waals surface area (Å²) in [4.78, 5) is 4.19. The topological polar surface area (TPSA) is 66.0 Å². The Balaban J connectivity index is 2.15. The minimum atomic E-state index is -0.458. The molecule has 0 bridgehead atoms. The van der Waals surface area contributed by atoms with E-state index in [1.807, 2.05) is 0 Å². The smallest absolute Gasteiger partial charge is 0.138 e.